The van der Waals surface area contributed by atoms with E-state index in [0.717, 1.165) is 54.7 Å². The van der Waals surface area contributed by atoms with Crippen molar-refractivity contribution in [3.63, 3.8) is 0 Å². The molecule has 1 aliphatic rings. The summed E-state index contributed by atoms with van der Waals surface area (Å²) < 4.78 is 6.82. The van der Waals surface area contributed by atoms with Crippen LogP contribution in [0.5, 0.6) is 5.75 Å². The number of rotatable bonds is 6. The van der Waals surface area contributed by atoms with Crippen molar-refractivity contribution in [1.29, 1.82) is 0 Å². The van der Waals surface area contributed by atoms with E-state index >= 15 is 0 Å². The fraction of sp³-hybridized carbons (Fsp3) is 0.611. The summed E-state index contributed by atoms with van der Waals surface area (Å²) in [6, 6.07) is 6.24. The van der Waals surface area contributed by atoms with E-state index in [1.807, 2.05) is 36.9 Å². The number of nitrogens with one attached hydrogen (secondary N) is 1. The number of hydrogen-bond donors (Lipinski definition) is 1. The minimum Gasteiger partial charge on any atom is -0.480 e. The molecule has 0 saturated carbocycles. The highest BCUT2D eigenvalue weighted by Crippen LogP contribution is 2.27. The first-order valence-corrected chi connectivity index (χ1v) is 9.26. The van der Waals surface area contributed by atoms with Gasteiger partial charge in [-0.25, -0.2) is 0 Å². The fourth-order valence-corrected chi connectivity index (χ4v) is 3.59. The van der Waals surface area contributed by atoms with Crippen molar-refractivity contribution in [3.05, 3.63) is 28.2 Å². The monoisotopic (exact) mass is 382 g/mol. The molecule has 5 heteroatoms. The number of carbonyl (C=O) groups is 1. The predicted molar refractivity (Wildman–Crippen MR) is 96.9 cm³/mol. The summed E-state index contributed by atoms with van der Waals surface area (Å²) in [5.74, 6) is 0.810. The summed E-state index contributed by atoms with van der Waals surface area (Å²) >= 11 is 3.51. The van der Waals surface area contributed by atoms with Crippen LogP contribution in [0.2, 0.25) is 0 Å². The fourth-order valence-electron chi connectivity index (χ4n) is 3.01. The van der Waals surface area contributed by atoms with Crippen LogP contribution in [0, 0.1) is 6.92 Å². The number of ether oxygens (including phenoxy) is 1. The van der Waals surface area contributed by atoms with E-state index in [-0.39, 0.29) is 5.91 Å². The van der Waals surface area contributed by atoms with Crippen molar-refractivity contribution in [3.8, 4) is 5.75 Å². The van der Waals surface area contributed by atoms with Gasteiger partial charge >= 0.3 is 0 Å². The summed E-state index contributed by atoms with van der Waals surface area (Å²) in [6.45, 7) is 8.76. The molecule has 1 aromatic rings. The first-order chi connectivity index (χ1) is 11.0. The molecule has 0 spiro atoms. The van der Waals surface area contributed by atoms with E-state index in [4.69, 9.17) is 4.74 Å². The largest absolute Gasteiger partial charge is 0.480 e. The molecule has 1 atom stereocenters. The molecule has 0 aromatic heterocycles. The number of aryl methyl sites for hydroxylation is 1. The molecule has 1 fully saturated rings. The Balaban J connectivity index is 2.05. The lowest BCUT2D eigenvalue weighted by Crippen LogP contribution is -2.50. The molecule has 1 amide bonds. The number of carbonyl (C=O) groups excluding carboxylic acids is 1. The van der Waals surface area contributed by atoms with Crippen molar-refractivity contribution in [2.75, 3.05) is 19.6 Å². The van der Waals surface area contributed by atoms with Gasteiger partial charge in [0.2, 0.25) is 0 Å². The van der Waals surface area contributed by atoms with E-state index in [1.54, 1.807) is 0 Å². The Kier molecular flexibility index (Phi) is 6.90. The van der Waals surface area contributed by atoms with Gasteiger partial charge in [-0.2, -0.15) is 0 Å². The van der Waals surface area contributed by atoms with Gasteiger partial charge in [0, 0.05) is 12.6 Å². The molecule has 4 nitrogen and oxygen atoms in total. The standard InChI is InChI=1S/C18H27BrN2O2/c1-4-11-21(15-7-9-20-10-8-15)18(22)14(3)23-17-6-5-13(2)12-16(17)19/h5-6,12,14-15,20H,4,7-11H2,1-3H3. The molecule has 1 N–H and O–H groups in total. The summed E-state index contributed by atoms with van der Waals surface area (Å²) in [5.41, 5.74) is 1.16. The Morgan fingerprint density at radius 1 is 1.43 bits per heavy atom. The number of nitrogens with zero attached hydrogens (tertiary/aromatic N) is 1. The highest BCUT2D eigenvalue weighted by atomic mass is 79.9. The van der Waals surface area contributed by atoms with Crippen LogP contribution in [0.1, 0.15) is 38.7 Å². The van der Waals surface area contributed by atoms with Gasteiger partial charge in [-0.1, -0.05) is 13.0 Å². The average Bonchev–Trinajstić information content (AvgIpc) is 2.55. The smallest absolute Gasteiger partial charge is 0.263 e. The molecule has 0 bridgehead atoms. The van der Waals surface area contributed by atoms with Gasteiger partial charge in [-0.15, -0.1) is 0 Å². The molecule has 1 unspecified atom stereocenters. The minimum atomic E-state index is -0.476. The van der Waals surface area contributed by atoms with Crippen LogP contribution < -0.4 is 10.1 Å². The number of halogens is 1. The topological polar surface area (TPSA) is 41.6 Å². The Hall–Kier alpha value is -1.07. The van der Waals surface area contributed by atoms with E-state index in [2.05, 4.69) is 28.2 Å². The Morgan fingerprint density at radius 2 is 2.13 bits per heavy atom. The lowest BCUT2D eigenvalue weighted by molar-refractivity contribution is -0.141. The molecule has 2 rings (SSSR count). The normalized spacial score (nSPS) is 16.9. The summed E-state index contributed by atoms with van der Waals surface area (Å²) in [7, 11) is 0. The molecule has 0 radical (unpaired) electrons. The maximum atomic E-state index is 12.9. The van der Waals surface area contributed by atoms with Crippen LogP contribution in [-0.2, 0) is 4.79 Å². The van der Waals surface area contributed by atoms with Crippen molar-refractivity contribution in [2.24, 2.45) is 0 Å². The van der Waals surface area contributed by atoms with E-state index in [9.17, 15) is 4.79 Å². The molecule has 0 aliphatic carbocycles. The lowest BCUT2D eigenvalue weighted by Gasteiger charge is -2.36. The Bertz CT molecular complexity index is 530. The maximum Gasteiger partial charge on any atom is 0.263 e. The van der Waals surface area contributed by atoms with Crippen molar-refractivity contribution < 1.29 is 9.53 Å². The number of amides is 1. The van der Waals surface area contributed by atoms with Crippen molar-refractivity contribution in [1.82, 2.24) is 10.2 Å². The van der Waals surface area contributed by atoms with Gasteiger partial charge in [0.1, 0.15) is 5.75 Å². The average molecular weight is 383 g/mol. The lowest BCUT2D eigenvalue weighted by atomic mass is 10.0. The minimum absolute atomic E-state index is 0.0891. The quantitative estimate of drug-likeness (QED) is 0.818. The second-order valence-electron chi connectivity index (χ2n) is 6.21. The highest BCUT2D eigenvalue weighted by molar-refractivity contribution is 9.10. The molecular formula is C18H27BrN2O2. The van der Waals surface area contributed by atoms with Crippen LogP contribution in [0.25, 0.3) is 0 Å². The van der Waals surface area contributed by atoms with E-state index in [0.29, 0.717) is 6.04 Å². The molecular weight excluding hydrogens is 356 g/mol. The SMILES string of the molecule is CCCN(C(=O)C(C)Oc1ccc(C)cc1Br)C1CCNCC1. The van der Waals surface area contributed by atoms with Crippen LogP contribution in [0.15, 0.2) is 22.7 Å². The van der Waals surface area contributed by atoms with Crippen LogP contribution >= 0.6 is 15.9 Å². The summed E-state index contributed by atoms with van der Waals surface area (Å²) in [6.07, 6.45) is 2.53. The summed E-state index contributed by atoms with van der Waals surface area (Å²) in [5, 5.41) is 3.36. The Morgan fingerprint density at radius 3 is 2.74 bits per heavy atom. The van der Waals surface area contributed by atoms with Crippen LogP contribution in [0.3, 0.4) is 0 Å². The van der Waals surface area contributed by atoms with Gasteiger partial charge in [-0.3, -0.25) is 4.79 Å². The van der Waals surface area contributed by atoms with Crippen molar-refractivity contribution >= 4 is 21.8 Å². The third kappa shape index (κ3) is 4.95. The number of hydrogen-bond acceptors (Lipinski definition) is 3. The van der Waals surface area contributed by atoms with Gasteiger partial charge in [0.05, 0.1) is 4.47 Å². The number of piperidine rings is 1. The van der Waals surface area contributed by atoms with Gasteiger partial charge in [-0.05, 0) is 79.8 Å². The predicted octanol–water partition coefficient (Wildman–Crippen LogP) is 3.52. The van der Waals surface area contributed by atoms with Gasteiger partial charge in [0.15, 0.2) is 6.10 Å². The highest BCUT2D eigenvalue weighted by Gasteiger charge is 2.29. The Labute approximate surface area is 147 Å². The zero-order valence-corrected chi connectivity index (χ0v) is 15.9. The van der Waals surface area contributed by atoms with E-state index < -0.39 is 6.10 Å². The molecule has 23 heavy (non-hydrogen) atoms. The molecule has 128 valence electrons. The third-order valence-corrected chi connectivity index (χ3v) is 4.86. The zero-order chi connectivity index (χ0) is 16.8. The van der Waals surface area contributed by atoms with Gasteiger partial charge in [0.25, 0.3) is 5.91 Å². The summed E-state index contributed by atoms with van der Waals surface area (Å²) in [4.78, 5) is 14.9. The van der Waals surface area contributed by atoms with Gasteiger partial charge < -0.3 is 15.0 Å². The van der Waals surface area contributed by atoms with Crippen LogP contribution in [-0.4, -0.2) is 42.6 Å². The second kappa shape index (κ2) is 8.69. The maximum absolute atomic E-state index is 12.9. The van der Waals surface area contributed by atoms with Crippen molar-refractivity contribution in [2.45, 2.75) is 52.2 Å². The number of benzene rings is 1. The second-order valence-corrected chi connectivity index (χ2v) is 7.06. The van der Waals surface area contributed by atoms with E-state index in [1.165, 1.54) is 0 Å². The first-order valence-electron chi connectivity index (χ1n) is 8.47. The molecule has 1 aliphatic heterocycles. The molecule has 1 saturated heterocycles. The third-order valence-electron chi connectivity index (χ3n) is 4.24. The molecule has 1 heterocycles. The molecule has 1 aromatic carbocycles. The zero-order valence-electron chi connectivity index (χ0n) is 14.3. The first kappa shape index (κ1) is 18.3. The van der Waals surface area contributed by atoms with Crippen LogP contribution in [0.4, 0.5) is 0 Å².